The van der Waals surface area contributed by atoms with Crippen LogP contribution in [0.2, 0.25) is 0 Å². The molecule has 1 N–H and O–H groups in total. The zero-order valence-electron chi connectivity index (χ0n) is 16.7. The Kier molecular flexibility index (Phi) is 5.13. The number of ketones is 1. The van der Waals surface area contributed by atoms with Gasteiger partial charge in [0.1, 0.15) is 11.5 Å². The fourth-order valence-electron chi connectivity index (χ4n) is 3.44. The van der Waals surface area contributed by atoms with Gasteiger partial charge in [-0.15, -0.1) is 11.3 Å². The van der Waals surface area contributed by atoms with Crippen molar-refractivity contribution in [2.45, 2.75) is 19.9 Å². The van der Waals surface area contributed by atoms with Crippen molar-refractivity contribution < 1.29 is 19.4 Å². The standard InChI is InChI=1S/C23H20N2O4S/c1-13-14(2)30-23(24-13)25-19(15-7-5-4-6-8-15)18(21(27)22(25)28)20(26)16-9-11-17(29-3)12-10-16/h4-12,19,26H,1-3H3/b20-18+. The highest BCUT2D eigenvalue weighted by atomic mass is 32.1. The van der Waals surface area contributed by atoms with Gasteiger partial charge in [-0.3, -0.25) is 14.5 Å². The van der Waals surface area contributed by atoms with Crippen molar-refractivity contribution in [3.8, 4) is 5.75 Å². The molecule has 2 aromatic carbocycles. The molecule has 6 nitrogen and oxygen atoms in total. The average Bonchev–Trinajstić information content (AvgIpc) is 3.24. The summed E-state index contributed by atoms with van der Waals surface area (Å²) in [5, 5.41) is 11.5. The molecule has 0 radical (unpaired) electrons. The number of aromatic nitrogens is 1. The fourth-order valence-corrected chi connectivity index (χ4v) is 4.38. The summed E-state index contributed by atoms with van der Waals surface area (Å²) in [4.78, 5) is 32.9. The first-order chi connectivity index (χ1) is 14.4. The second-order valence-electron chi connectivity index (χ2n) is 6.95. The quantitative estimate of drug-likeness (QED) is 0.385. The van der Waals surface area contributed by atoms with Gasteiger partial charge in [0.25, 0.3) is 5.78 Å². The van der Waals surface area contributed by atoms with E-state index in [2.05, 4.69) is 4.98 Å². The van der Waals surface area contributed by atoms with Crippen LogP contribution < -0.4 is 9.64 Å². The van der Waals surface area contributed by atoms with Gasteiger partial charge in [-0.05, 0) is 43.7 Å². The molecule has 1 unspecified atom stereocenters. The van der Waals surface area contributed by atoms with E-state index in [1.54, 1.807) is 31.4 Å². The van der Waals surface area contributed by atoms with E-state index in [1.165, 1.54) is 16.2 Å². The zero-order valence-corrected chi connectivity index (χ0v) is 17.6. The van der Waals surface area contributed by atoms with Crippen molar-refractivity contribution in [1.82, 2.24) is 4.98 Å². The molecular weight excluding hydrogens is 400 g/mol. The number of nitrogens with zero attached hydrogens (tertiary/aromatic N) is 2. The number of aryl methyl sites for hydroxylation is 2. The van der Waals surface area contributed by atoms with Crippen LogP contribution >= 0.6 is 11.3 Å². The van der Waals surface area contributed by atoms with Crippen LogP contribution in [0.3, 0.4) is 0 Å². The third kappa shape index (κ3) is 3.27. The van der Waals surface area contributed by atoms with Crippen molar-refractivity contribution in [3.05, 3.63) is 81.9 Å². The van der Waals surface area contributed by atoms with E-state index >= 15 is 0 Å². The molecule has 1 amide bonds. The van der Waals surface area contributed by atoms with E-state index in [-0.39, 0.29) is 11.3 Å². The number of anilines is 1. The van der Waals surface area contributed by atoms with Crippen LogP contribution in [0.4, 0.5) is 5.13 Å². The summed E-state index contributed by atoms with van der Waals surface area (Å²) in [6.45, 7) is 3.78. The number of rotatable bonds is 4. The van der Waals surface area contributed by atoms with E-state index in [1.807, 2.05) is 44.2 Å². The molecule has 1 aromatic heterocycles. The van der Waals surface area contributed by atoms with Crippen LogP contribution in [0.5, 0.6) is 5.75 Å². The molecular formula is C23H20N2O4S. The minimum Gasteiger partial charge on any atom is -0.507 e. The van der Waals surface area contributed by atoms with Crippen molar-refractivity contribution >= 4 is 33.9 Å². The van der Waals surface area contributed by atoms with E-state index in [0.29, 0.717) is 16.4 Å². The summed E-state index contributed by atoms with van der Waals surface area (Å²) in [5.41, 5.74) is 2.00. The van der Waals surface area contributed by atoms with E-state index in [9.17, 15) is 14.7 Å². The Balaban J connectivity index is 1.91. The lowest BCUT2D eigenvalue weighted by Crippen LogP contribution is -2.29. The summed E-state index contributed by atoms with van der Waals surface area (Å²) in [5.74, 6) is -1.03. The topological polar surface area (TPSA) is 79.7 Å². The van der Waals surface area contributed by atoms with Gasteiger partial charge in [-0.25, -0.2) is 4.98 Å². The third-order valence-electron chi connectivity index (χ3n) is 5.15. The van der Waals surface area contributed by atoms with Crippen LogP contribution in [0, 0.1) is 13.8 Å². The molecule has 3 aromatic rings. The number of aliphatic hydroxyl groups is 1. The molecule has 152 valence electrons. The third-order valence-corrected chi connectivity index (χ3v) is 6.22. The first-order valence-corrected chi connectivity index (χ1v) is 10.2. The van der Waals surface area contributed by atoms with E-state index < -0.39 is 17.7 Å². The molecule has 0 spiro atoms. The molecule has 0 bridgehead atoms. The zero-order chi connectivity index (χ0) is 21.4. The minimum atomic E-state index is -0.766. The van der Waals surface area contributed by atoms with Crippen LogP contribution in [0.25, 0.3) is 5.76 Å². The van der Waals surface area contributed by atoms with Crippen LogP contribution in [-0.4, -0.2) is 28.9 Å². The Morgan fingerprint density at radius 2 is 1.73 bits per heavy atom. The number of hydrogen-bond acceptors (Lipinski definition) is 6. The number of benzene rings is 2. The lowest BCUT2D eigenvalue weighted by atomic mass is 9.95. The number of methoxy groups -OCH3 is 1. The van der Waals surface area contributed by atoms with Gasteiger partial charge in [-0.2, -0.15) is 0 Å². The van der Waals surface area contributed by atoms with Crippen molar-refractivity contribution in [2.24, 2.45) is 0 Å². The van der Waals surface area contributed by atoms with Crippen LogP contribution in [0.15, 0.2) is 60.2 Å². The normalized spacial score (nSPS) is 18.1. The van der Waals surface area contributed by atoms with Gasteiger partial charge in [0.15, 0.2) is 5.13 Å². The lowest BCUT2D eigenvalue weighted by Gasteiger charge is -2.23. The summed E-state index contributed by atoms with van der Waals surface area (Å²) in [6.07, 6.45) is 0. The number of amides is 1. The molecule has 1 aliphatic rings. The van der Waals surface area contributed by atoms with Crippen LogP contribution in [0.1, 0.15) is 27.7 Å². The minimum absolute atomic E-state index is 0.0434. The number of aliphatic hydroxyl groups excluding tert-OH is 1. The van der Waals surface area contributed by atoms with Gasteiger partial charge in [0, 0.05) is 10.4 Å². The van der Waals surface area contributed by atoms with Gasteiger partial charge < -0.3 is 9.84 Å². The number of ether oxygens (including phenoxy) is 1. The maximum atomic E-state index is 13.0. The number of Topliss-reactive ketones (excluding diaryl/α,β-unsaturated/α-hetero) is 1. The average molecular weight is 420 g/mol. The maximum absolute atomic E-state index is 13.0. The molecule has 2 heterocycles. The summed E-state index contributed by atoms with van der Waals surface area (Å²) < 4.78 is 5.16. The fraction of sp³-hybridized carbons (Fsp3) is 0.174. The number of thiazole rings is 1. The molecule has 1 saturated heterocycles. The maximum Gasteiger partial charge on any atom is 0.301 e. The molecule has 1 aliphatic heterocycles. The SMILES string of the molecule is COc1ccc(/C(O)=C2\C(=O)C(=O)N(c3nc(C)c(C)s3)C2c2ccccc2)cc1. The Labute approximate surface area is 178 Å². The predicted octanol–water partition coefficient (Wildman–Crippen LogP) is 4.39. The highest BCUT2D eigenvalue weighted by Gasteiger charge is 2.48. The van der Waals surface area contributed by atoms with Gasteiger partial charge in [0.05, 0.1) is 24.4 Å². The lowest BCUT2D eigenvalue weighted by molar-refractivity contribution is -0.132. The molecule has 1 fully saturated rings. The Morgan fingerprint density at radius 1 is 1.07 bits per heavy atom. The van der Waals surface area contributed by atoms with Crippen molar-refractivity contribution in [3.63, 3.8) is 0 Å². The second kappa shape index (κ2) is 7.76. The largest absolute Gasteiger partial charge is 0.507 e. The van der Waals surface area contributed by atoms with Gasteiger partial charge in [0.2, 0.25) is 0 Å². The molecule has 7 heteroatoms. The van der Waals surface area contributed by atoms with E-state index in [4.69, 9.17) is 4.74 Å². The summed E-state index contributed by atoms with van der Waals surface area (Å²) in [7, 11) is 1.55. The summed E-state index contributed by atoms with van der Waals surface area (Å²) >= 11 is 1.35. The molecule has 1 atom stereocenters. The molecule has 0 saturated carbocycles. The number of carbonyl (C=O) groups excluding carboxylic acids is 2. The van der Waals surface area contributed by atoms with Gasteiger partial charge in [-0.1, -0.05) is 30.3 Å². The molecule has 30 heavy (non-hydrogen) atoms. The Morgan fingerprint density at radius 3 is 2.30 bits per heavy atom. The first-order valence-electron chi connectivity index (χ1n) is 9.36. The van der Waals surface area contributed by atoms with Crippen molar-refractivity contribution in [1.29, 1.82) is 0 Å². The first kappa shape index (κ1) is 19.8. The monoisotopic (exact) mass is 420 g/mol. The Hall–Kier alpha value is -3.45. The predicted molar refractivity (Wildman–Crippen MR) is 116 cm³/mol. The smallest absolute Gasteiger partial charge is 0.301 e. The molecule has 0 aliphatic carbocycles. The second-order valence-corrected chi connectivity index (χ2v) is 8.13. The number of hydrogen-bond donors (Lipinski definition) is 1. The highest BCUT2D eigenvalue weighted by Crippen LogP contribution is 2.43. The highest BCUT2D eigenvalue weighted by molar-refractivity contribution is 7.16. The Bertz CT molecular complexity index is 1130. The molecule has 4 rings (SSSR count). The summed E-state index contributed by atoms with van der Waals surface area (Å²) in [6, 6.07) is 15.1. The van der Waals surface area contributed by atoms with Gasteiger partial charge >= 0.3 is 5.91 Å². The van der Waals surface area contributed by atoms with Crippen molar-refractivity contribution in [2.75, 3.05) is 12.0 Å². The number of carbonyl (C=O) groups is 2. The van der Waals surface area contributed by atoms with E-state index in [0.717, 1.165) is 16.1 Å². The van der Waals surface area contributed by atoms with Crippen LogP contribution in [-0.2, 0) is 9.59 Å².